The molecule has 0 aromatic heterocycles. The highest BCUT2D eigenvalue weighted by Crippen LogP contribution is 2.36. The third-order valence-corrected chi connectivity index (χ3v) is 3.21. The molecule has 80 valence electrons. The van der Waals surface area contributed by atoms with E-state index in [9.17, 15) is 9.59 Å². The average Bonchev–Trinajstić information content (AvgIpc) is 2.32. The predicted molar refractivity (Wildman–Crippen MR) is 52.4 cm³/mol. The number of cyclic esters (lactones) is 2. The number of hydrogen-bond donors (Lipinski definition) is 0. The molecule has 0 amide bonds. The van der Waals surface area contributed by atoms with E-state index in [1.54, 1.807) is 6.92 Å². The van der Waals surface area contributed by atoms with Gasteiger partial charge in [-0.2, -0.15) is 0 Å². The molecule has 2 atom stereocenters. The van der Waals surface area contributed by atoms with Gasteiger partial charge in [-0.25, -0.2) is 0 Å². The summed E-state index contributed by atoms with van der Waals surface area (Å²) in [5.74, 6) is -1.22. The van der Waals surface area contributed by atoms with Crippen molar-refractivity contribution < 1.29 is 14.3 Å². The van der Waals surface area contributed by atoms with Gasteiger partial charge in [0.15, 0.2) is 0 Å². The summed E-state index contributed by atoms with van der Waals surface area (Å²) in [6, 6.07) is 0. The van der Waals surface area contributed by atoms with E-state index in [4.69, 9.17) is 0 Å². The first-order valence-electron chi connectivity index (χ1n) is 5.13. The highest BCUT2D eigenvalue weighted by Gasteiger charge is 2.43. The summed E-state index contributed by atoms with van der Waals surface area (Å²) in [7, 11) is 0. The minimum absolute atomic E-state index is 0.0998. The highest BCUT2D eigenvalue weighted by atomic mass is 16.6. The molecule has 1 aliphatic rings. The zero-order valence-electron chi connectivity index (χ0n) is 9.29. The monoisotopic (exact) mass is 198 g/mol. The summed E-state index contributed by atoms with van der Waals surface area (Å²) in [6.07, 6.45) is 1.73. The van der Waals surface area contributed by atoms with E-state index in [0.717, 1.165) is 12.8 Å². The van der Waals surface area contributed by atoms with Crippen LogP contribution in [0.4, 0.5) is 0 Å². The van der Waals surface area contributed by atoms with Crippen LogP contribution in [0, 0.1) is 17.3 Å². The molecule has 0 aliphatic carbocycles. The first-order valence-corrected chi connectivity index (χ1v) is 5.13. The lowest BCUT2D eigenvalue weighted by molar-refractivity contribution is -0.153. The van der Waals surface area contributed by atoms with Crippen LogP contribution < -0.4 is 0 Å². The zero-order valence-corrected chi connectivity index (χ0v) is 9.29. The van der Waals surface area contributed by atoms with Gasteiger partial charge in [0.05, 0.1) is 11.8 Å². The first kappa shape index (κ1) is 11.2. The van der Waals surface area contributed by atoms with E-state index < -0.39 is 0 Å². The number of carbonyl (C=O) groups excluding carboxylic acids is 2. The van der Waals surface area contributed by atoms with Gasteiger partial charge in [0, 0.05) is 0 Å². The maximum absolute atomic E-state index is 11.3. The zero-order chi connectivity index (χ0) is 10.9. The summed E-state index contributed by atoms with van der Waals surface area (Å²) in [6.45, 7) is 8.07. The van der Waals surface area contributed by atoms with Crippen molar-refractivity contribution in [3.05, 3.63) is 0 Å². The van der Waals surface area contributed by atoms with Gasteiger partial charge in [-0.3, -0.25) is 9.59 Å². The van der Waals surface area contributed by atoms with Crippen LogP contribution in [0.2, 0.25) is 0 Å². The molecule has 0 radical (unpaired) electrons. The van der Waals surface area contributed by atoms with Gasteiger partial charge in [0.2, 0.25) is 0 Å². The smallest absolute Gasteiger partial charge is 0.317 e. The number of carbonyl (C=O) groups is 2. The summed E-state index contributed by atoms with van der Waals surface area (Å²) < 4.78 is 4.60. The molecule has 1 saturated heterocycles. The van der Waals surface area contributed by atoms with Crippen molar-refractivity contribution >= 4 is 11.9 Å². The van der Waals surface area contributed by atoms with Crippen molar-refractivity contribution in [3.8, 4) is 0 Å². The molecule has 1 heterocycles. The molecule has 1 rings (SSSR count). The summed E-state index contributed by atoms with van der Waals surface area (Å²) in [4.78, 5) is 22.5. The molecular formula is C11H18O3. The lowest BCUT2D eigenvalue weighted by Gasteiger charge is -2.25. The number of esters is 2. The Balaban J connectivity index is 2.69. The SMILES string of the molecule is CCC(C)(C)CC1C(=O)OC(=O)C1C. The van der Waals surface area contributed by atoms with Gasteiger partial charge in [0.1, 0.15) is 0 Å². The molecule has 0 aromatic rings. The van der Waals surface area contributed by atoms with Crippen molar-refractivity contribution in [1.29, 1.82) is 0 Å². The second-order valence-electron chi connectivity index (χ2n) is 4.86. The van der Waals surface area contributed by atoms with Gasteiger partial charge < -0.3 is 4.74 Å². The summed E-state index contributed by atoms with van der Waals surface area (Å²) >= 11 is 0. The Hall–Kier alpha value is -0.860. The molecule has 0 N–H and O–H groups in total. The standard InChI is InChI=1S/C11H18O3/c1-5-11(3,4)6-8-7(2)9(12)14-10(8)13/h7-8H,5-6H2,1-4H3. The van der Waals surface area contributed by atoms with Crippen LogP contribution in [-0.4, -0.2) is 11.9 Å². The Morgan fingerprint density at radius 1 is 1.29 bits per heavy atom. The largest absolute Gasteiger partial charge is 0.393 e. The van der Waals surface area contributed by atoms with Crippen LogP contribution in [-0.2, 0) is 14.3 Å². The van der Waals surface area contributed by atoms with Crippen LogP contribution >= 0.6 is 0 Å². The van der Waals surface area contributed by atoms with Gasteiger partial charge in [-0.1, -0.05) is 34.1 Å². The van der Waals surface area contributed by atoms with Crippen molar-refractivity contribution in [1.82, 2.24) is 0 Å². The predicted octanol–water partition coefficient (Wildman–Crippen LogP) is 2.15. The molecule has 3 nitrogen and oxygen atoms in total. The molecule has 1 aliphatic heterocycles. The molecule has 0 saturated carbocycles. The topological polar surface area (TPSA) is 43.4 Å². The Morgan fingerprint density at radius 2 is 1.86 bits per heavy atom. The lowest BCUT2D eigenvalue weighted by atomic mass is 9.77. The molecular weight excluding hydrogens is 180 g/mol. The third-order valence-electron chi connectivity index (χ3n) is 3.21. The van der Waals surface area contributed by atoms with Gasteiger partial charge in [0.25, 0.3) is 0 Å². The second kappa shape index (κ2) is 3.71. The summed E-state index contributed by atoms with van der Waals surface area (Å²) in [5, 5.41) is 0. The molecule has 0 spiro atoms. The van der Waals surface area contributed by atoms with E-state index in [1.807, 2.05) is 0 Å². The Kier molecular flexibility index (Phi) is 2.98. The first-order chi connectivity index (χ1) is 6.37. The Morgan fingerprint density at radius 3 is 2.21 bits per heavy atom. The Bertz CT molecular complexity index is 255. The fourth-order valence-corrected chi connectivity index (χ4v) is 1.64. The van der Waals surface area contributed by atoms with E-state index in [0.29, 0.717) is 0 Å². The average molecular weight is 198 g/mol. The third kappa shape index (κ3) is 2.14. The molecule has 2 unspecified atom stereocenters. The number of rotatable bonds is 3. The van der Waals surface area contributed by atoms with Crippen molar-refractivity contribution in [2.45, 2.75) is 40.5 Å². The lowest BCUT2D eigenvalue weighted by Crippen LogP contribution is -2.23. The number of ether oxygens (including phenoxy) is 1. The highest BCUT2D eigenvalue weighted by molar-refractivity contribution is 5.96. The van der Waals surface area contributed by atoms with E-state index in [-0.39, 0.29) is 29.2 Å². The van der Waals surface area contributed by atoms with Crippen LogP contribution in [0.5, 0.6) is 0 Å². The fourth-order valence-electron chi connectivity index (χ4n) is 1.64. The van der Waals surface area contributed by atoms with Crippen molar-refractivity contribution in [3.63, 3.8) is 0 Å². The fraction of sp³-hybridized carbons (Fsp3) is 0.818. The molecule has 1 fully saturated rings. The van der Waals surface area contributed by atoms with Crippen molar-refractivity contribution in [2.24, 2.45) is 17.3 Å². The Labute approximate surface area is 84.8 Å². The molecule has 0 bridgehead atoms. The van der Waals surface area contributed by atoms with Crippen LogP contribution in [0.3, 0.4) is 0 Å². The van der Waals surface area contributed by atoms with E-state index in [2.05, 4.69) is 25.5 Å². The van der Waals surface area contributed by atoms with E-state index >= 15 is 0 Å². The minimum Gasteiger partial charge on any atom is -0.393 e. The van der Waals surface area contributed by atoms with E-state index in [1.165, 1.54) is 0 Å². The second-order valence-corrected chi connectivity index (χ2v) is 4.86. The molecule has 14 heavy (non-hydrogen) atoms. The quantitative estimate of drug-likeness (QED) is 0.515. The maximum Gasteiger partial charge on any atom is 0.317 e. The maximum atomic E-state index is 11.3. The minimum atomic E-state index is -0.369. The van der Waals surface area contributed by atoms with Crippen LogP contribution in [0.25, 0.3) is 0 Å². The number of hydrogen-bond acceptors (Lipinski definition) is 3. The molecule has 0 aromatic carbocycles. The van der Waals surface area contributed by atoms with Crippen molar-refractivity contribution in [2.75, 3.05) is 0 Å². The van der Waals surface area contributed by atoms with Gasteiger partial charge in [-0.15, -0.1) is 0 Å². The molecule has 3 heteroatoms. The van der Waals surface area contributed by atoms with Crippen LogP contribution in [0.15, 0.2) is 0 Å². The summed E-state index contributed by atoms with van der Waals surface area (Å²) in [5.41, 5.74) is 0.0998. The van der Waals surface area contributed by atoms with Gasteiger partial charge >= 0.3 is 11.9 Å². The normalized spacial score (nSPS) is 28.0. The van der Waals surface area contributed by atoms with Gasteiger partial charge in [-0.05, 0) is 11.8 Å². The van der Waals surface area contributed by atoms with Crippen LogP contribution in [0.1, 0.15) is 40.5 Å².